The number of hydrogen-bond donors (Lipinski definition) is 1. The maximum atomic E-state index is 4.46. The lowest BCUT2D eigenvalue weighted by molar-refractivity contribution is 0.524. The first kappa shape index (κ1) is 14.9. The van der Waals surface area contributed by atoms with Crippen LogP contribution in [-0.2, 0) is 6.42 Å². The SMILES string of the molecule is CCc1cc(N2CCCC(Nc3cccc4nncn34)C2)ncn1. The molecular weight excluding hydrogens is 302 g/mol. The van der Waals surface area contributed by atoms with Gasteiger partial charge in [-0.3, -0.25) is 4.40 Å². The second-order valence-corrected chi connectivity index (χ2v) is 6.12. The van der Waals surface area contributed by atoms with Gasteiger partial charge in [0.2, 0.25) is 0 Å². The van der Waals surface area contributed by atoms with Crippen LogP contribution in [0.5, 0.6) is 0 Å². The quantitative estimate of drug-likeness (QED) is 0.793. The molecule has 1 fully saturated rings. The van der Waals surface area contributed by atoms with Crippen molar-refractivity contribution in [2.24, 2.45) is 0 Å². The molecule has 4 rings (SSSR count). The van der Waals surface area contributed by atoms with Crippen molar-refractivity contribution in [3.8, 4) is 0 Å². The second-order valence-electron chi connectivity index (χ2n) is 6.12. The number of nitrogens with zero attached hydrogens (tertiary/aromatic N) is 6. The molecule has 0 aromatic carbocycles. The number of fused-ring (bicyclic) bond motifs is 1. The third-order valence-electron chi connectivity index (χ3n) is 4.50. The summed E-state index contributed by atoms with van der Waals surface area (Å²) in [5, 5.41) is 11.7. The van der Waals surface area contributed by atoms with E-state index in [-0.39, 0.29) is 0 Å². The van der Waals surface area contributed by atoms with E-state index in [0.717, 1.165) is 55.3 Å². The first-order chi connectivity index (χ1) is 11.8. The summed E-state index contributed by atoms with van der Waals surface area (Å²) in [6, 6.07) is 8.49. The van der Waals surface area contributed by atoms with E-state index in [1.807, 2.05) is 16.5 Å². The van der Waals surface area contributed by atoms with Gasteiger partial charge >= 0.3 is 0 Å². The van der Waals surface area contributed by atoms with Crippen molar-refractivity contribution in [3.05, 3.63) is 42.6 Å². The van der Waals surface area contributed by atoms with Crippen LogP contribution in [0.2, 0.25) is 0 Å². The minimum absolute atomic E-state index is 0.367. The van der Waals surface area contributed by atoms with Crippen molar-refractivity contribution in [1.82, 2.24) is 24.6 Å². The summed E-state index contributed by atoms with van der Waals surface area (Å²) in [7, 11) is 0. The Hall–Kier alpha value is -2.70. The number of pyridine rings is 1. The van der Waals surface area contributed by atoms with Gasteiger partial charge in [0.05, 0.1) is 0 Å². The third-order valence-corrected chi connectivity index (χ3v) is 4.50. The summed E-state index contributed by atoms with van der Waals surface area (Å²) in [6.45, 7) is 4.08. The average molecular weight is 323 g/mol. The molecule has 7 heteroatoms. The van der Waals surface area contributed by atoms with E-state index >= 15 is 0 Å². The van der Waals surface area contributed by atoms with Crippen LogP contribution < -0.4 is 10.2 Å². The van der Waals surface area contributed by atoms with Crippen LogP contribution in [0, 0.1) is 0 Å². The highest BCUT2D eigenvalue weighted by Gasteiger charge is 2.21. The van der Waals surface area contributed by atoms with Gasteiger partial charge in [-0.25, -0.2) is 9.97 Å². The molecule has 3 aromatic heterocycles. The van der Waals surface area contributed by atoms with Crippen molar-refractivity contribution in [3.63, 3.8) is 0 Å². The second kappa shape index (κ2) is 6.43. The van der Waals surface area contributed by atoms with Gasteiger partial charge in [0, 0.05) is 30.9 Å². The highest BCUT2D eigenvalue weighted by Crippen LogP contribution is 2.21. The number of piperidine rings is 1. The molecule has 1 atom stereocenters. The van der Waals surface area contributed by atoms with Crippen molar-refractivity contribution in [2.75, 3.05) is 23.3 Å². The Labute approximate surface area is 140 Å². The number of nitrogens with one attached hydrogen (secondary N) is 1. The first-order valence-corrected chi connectivity index (χ1v) is 8.44. The Morgan fingerprint density at radius 2 is 2.25 bits per heavy atom. The maximum absolute atomic E-state index is 4.46. The van der Waals surface area contributed by atoms with Gasteiger partial charge in [-0.15, -0.1) is 10.2 Å². The van der Waals surface area contributed by atoms with E-state index in [2.05, 4.69) is 49.4 Å². The van der Waals surface area contributed by atoms with Crippen LogP contribution in [0.25, 0.3) is 5.65 Å². The van der Waals surface area contributed by atoms with Crippen LogP contribution in [0.15, 0.2) is 36.9 Å². The summed E-state index contributed by atoms with van der Waals surface area (Å²) in [4.78, 5) is 11.1. The predicted molar refractivity (Wildman–Crippen MR) is 93.3 cm³/mol. The zero-order chi connectivity index (χ0) is 16.4. The van der Waals surface area contributed by atoms with Crippen molar-refractivity contribution in [1.29, 1.82) is 0 Å². The van der Waals surface area contributed by atoms with Gasteiger partial charge < -0.3 is 10.2 Å². The van der Waals surface area contributed by atoms with Crippen LogP contribution >= 0.6 is 0 Å². The van der Waals surface area contributed by atoms with E-state index in [1.165, 1.54) is 0 Å². The van der Waals surface area contributed by atoms with E-state index in [1.54, 1.807) is 12.7 Å². The van der Waals surface area contributed by atoms with Crippen LogP contribution in [0.1, 0.15) is 25.5 Å². The molecule has 1 unspecified atom stereocenters. The summed E-state index contributed by atoms with van der Waals surface area (Å²) >= 11 is 0. The van der Waals surface area contributed by atoms with Gasteiger partial charge in [-0.05, 0) is 31.4 Å². The molecular formula is C17H21N7. The molecule has 3 aromatic rings. The Morgan fingerprint density at radius 1 is 1.29 bits per heavy atom. The smallest absolute Gasteiger partial charge is 0.162 e. The molecule has 0 saturated carbocycles. The topological polar surface area (TPSA) is 71.2 Å². The van der Waals surface area contributed by atoms with Crippen molar-refractivity contribution >= 4 is 17.3 Å². The molecule has 4 heterocycles. The molecule has 0 spiro atoms. The molecule has 1 aliphatic rings. The molecule has 7 nitrogen and oxygen atoms in total. The van der Waals surface area contributed by atoms with Crippen LogP contribution in [0.4, 0.5) is 11.6 Å². The fraction of sp³-hybridized carbons (Fsp3) is 0.412. The minimum atomic E-state index is 0.367. The first-order valence-electron chi connectivity index (χ1n) is 8.44. The molecule has 1 N–H and O–H groups in total. The predicted octanol–water partition coefficient (Wildman–Crippen LogP) is 2.16. The lowest BCUT2D eigenvalue weighted by atomic mass is 10.1. The molecule has 0 amide bonds. The molecule has 0 bridgehead atoms. The van der Waals surface area contributed by atoms with Crippen LogP contribution in [0.3, 0.4) is 0 Å². The molecule has 24 heavy (non-hydrogen) atoms. The monoisotopic (exact) mass is 323 g/mol. The fourth-order valence-corrected chi connectivity index (χ4v) is 3.23. The molecule has 124 valence electrons. The lowest BCUT2D eigenvalue weighted by Crippen LogP contribution is -2.42. The Kier molecular flexibility index (Phi) is 3.98. The van der Waals surface area contributed by atoms with Crippen LogP contribution in [-0.4, -0.2) is 43.7 Å². The Bertz CT molecular complexity index is 828. The zero-order valence-electron chi connectivity index (χ0n) is 13.8. The number of aryl methyl sites for hydroxylation is 1. The summed E-state index contributed by atoms with van der Waals surface area (Å²) < 4.78 is 1.98. The zero-order valence-corrected chi connectivity index (χ0v) is 13.8. The Balaban J connectivity index is 1.51. The number of aromatic nitrogens is 5. The standard InChI is InChI=1S/C17H21N7/c1-2-13-9-17(19-11-18-13)23-8-4-5-14(10-23)21-15-6-3-7-16-22-20-12-24(15)16/h3,6-7,9,11-12,14,21H,2,4-5,8,10H2,1H3. The van der Waals surface area contributed by atoms with Gasteiger partial charge in [-0.2, -0.15) is 0 Å². The van der Waals surface area contributed by atoms with E-state index < -0.39 is 0 Å². The largest absolute Gasteiger partial charge is 0.367 e. The normalized spacial score (nSPS) is 18.0. The molecule has 1 aliphatic heterocycles. The number of hydrogen-bond acceptors (Lipinski definition) is 6. The highest BCUT2D eigenvalue weighted by molar-refractivity contribution is 5.50. The lowest BCUT2D eigenvalue weighted by Gasteiger charge is -2.34. The fourth-order valence-electron chi connectivity index (χ4n) is 3.23. The molecule has 0 radical (unpaired) electrons. The maximum Gasteiger partial charge on any atom is 0.162 e. The summed E-state index contributed by atoms with van der Waals surface area (Å²) in [5.74, 6) is 2.05. The average Bonchev–Trinajstić information content (AvgIpc) is 3.12. The van der Waals surface area contributed by atoms with E-state index in [0.29, 0.717) is 6.04 Å². The Morgan fingerprint density at radius 3 is 3.17 bits per heavy atom. The summed E-state index contributed by atoms with van der Waals surface area (Å²) in [6.07, 6.45) is 6.63. The van der Waals surface area contributed by atoms with E-state index in [9.17, 15) is 0 Å². The van der Waals surface area contributed by atoms with Gasteiger partial charge in [0.25, 0.3) is 0 Å². The highest BCUT2D eigenvalue weighted by atomic mass is 15.3. The van der Waals surface area contributed by atoms with Gasteiger partial charge in [0.15, 0.2) is 5.65 Å². The van der Waals surface area contributed by atoms with Crippen molar-refractivity contribution in [2.45, 2.75) is 32.2 Å². The number of anilines is 2. The van der Waals surface area contributed by atoms with Gasteiger partial charge in [0.1, 0.15) is 24.3 Å². The van der Waals surface area contributed by atoms with Crippen molar-refractivity contribution < 1.29 is 0 Å². The number of rotatable bonds is 4. The molecule has 0 aliphatic carbocycles. The minimum Gasteiger partial charge on any atom is -0.367 e. The third kappa shape index (κ3) is 2.89. The molecule has 1 saturated heterocycles. The van der Waals surface area contributed by atoms with E-state index in [4.69, 9.17) is 0 Å². The summed E-state index contributed by atoms with van der Waals surface area (Å²) in [5.41, 5.74) is 1.94. The van der Waals surface area contributed by atoms with Gasteiger partial charge in [-0.1, -0.05) is 13.0 Å².